The molecule has 1 unspecified atom stereocenters. The molecule has 7 nitrogen and oxygen atoms in total. The molecule has 2 aromatic carbocycles. The maximum absolute atomic E-state index is 14.8. The lowest BCUT2D eigenvalue weighted by atomic mass is 9.78. The van der Waals surface area contributed by atoms with Crippen LogP contribution in [0, 0.1) is 11.8 Å². The van der Waals surface area contributed by atoms with Crippen LogP contribution in [0.2, 0.25) is 20.1 Å². The van der Waals surface area contributed by atoms with Gasteiger partial charge >= 0.3 is 12.1 Å². The van der Waals surface area contributed by atoms with Crippen molar-refractivity contribution < 1.29 is 41.1 Å². The molecule has 0 saturated carbocycles. The van der Waals surface area contributed by atoms with Gasteiger partial charge in [-0.15, -0.1) is 0 Å². The lowest BCUT2D eigenvalue weighted by Gasteiger charge is -2.34. The van der Waals surface area contributed by atoms with Gasteiger partial charge in [-0.25, -0.2) is 0 Å². The fourth-order valence-electron chi connectivity index (χ4n) is 4.00. The number of alkyl halides is 5. The summed E-state index contributed by atoms with van der Waals surface area (Å²) in [5.74, 6) is -12.7. The van der Waals surface area contributed by atoms with Crippen LogP contribution in [0.25, 0.3) is 0 Å². The zero-order chi connectivity index (χ0) is 32.0. The molecular weight excluding hydrogens is 655 g/mol. The Bertz CT molecular complexity index is 1280. The minimum absolute atomic E-state index is 0.137. The first-order chi connectivity index (χ1) is 19.3. The summed E-state index contributed by atoms with van der Waals surface area (Å²) in [6.07, 6.45) is -5.13. The highest BCUT2D eigenvalue weighted by molar-refractivity contribution is 6.42. The lowest BCUT2D eigenvalue weighted by molar-refractivity contribution is -0.167. The van der Waals surface area contributed by atoms with Gasteiger partial charge in [-0.2, -0.15) is 22.0 Å². The van der Waals surface area contributed by atoms with E-state index in [0.29, 0.717) is 5.56 Å². The molecule has 0 spiro atoms. The van der Waals surface area contributed by atoms with Gasteiger partial charge in [-0.3, -0.25) is 14.4 Å². The van der Waals surface area contributed by atoms with E-state index in [9.17, 15) is 36.3 Å². The molecule has 232 valence electrons. The van der Waals surface area contributed by atoms with Crippen LogP contribution in [0.15, 0.2) is 36.4 Å². The summed E-state index contributed by atoms with van der Waals surface area (Å²) in [5, 5.41) is 4.37. The molecule has 16 heteroatoms. The van der Waals surface area contributed by atoms with Crippen LogP contribution in [0.4, 0.5) is 22.0 Å². The smallest absolute Gasteiger partial charge is 0.405 e. The molecule has 0 aliphatic heterocycles. The summed E-state index contributed by atoms with van der Waals surface area (Å²) >= 11 is 23.9. The number of Topliss-reactive ketones (excluding diaryl/α,β-unsaturated/α-hetero) is 1. The van der Waals surface area contributed by atoms with Crippen LogP contribution < -0.4 is 21.1 Å². The third kappa shape index (κ3) is 10.4. The largest absolute Gasteiger partial charge is 0.484 e. The van der Waals surface area contributed by atoms with Gasteiger partial charge in [0, 0.05) is 28.0 Å². The van der Waals surface area contributed by atoms with Crippen LogP contribution in [-0.2, 0) is 20.8 Å². The number of halogens is 9. The summed E-state index contributed by atoms with van der Waals surface area (Å²) in [5.41, 5.74) is 6.74. The van der Waals surface area contributed by atoms with Crippen molar-refractivity contribution in [2.75, 3.05) is 13.2 Å². The minimum atomic E-state index is -4.99. The Morgan fingerprint density at radius 2 is 1.52 bits per heavy atom. The Morgan fingerprint density at radius 3 is 2.05 bits per heavy atom. The van der Waals surface area contributed by atoms with Gasteiger partial charge in [0.25, 0.3) is 11.8 Å². The molecule has 3 atom stereocenters. The zero-order valence-corrected chi connectivity index (χ0v) is 25.0. The fraction of sp³-hybridized carbons (Fsp3) is 0.423. The minimum Gasteiger partial charge on any atom is -0.484 e. The maximum atomic E-state index is 14.8. The average molecular weight is 681 g/mol. The standard InChI is InChI=1S/C26H26Cl4F5N3O4/c1-12(2)21(23(40)26(34,35)24(41)37-11-25(31,32)33)22(36)19(6-13-3-4-17(29)18(30)5-13)38-20(39)10-42-16-8-14(27)7-15(28)9-16/h3-5,7-9,12,19,21-22H,6,10-11,36H2,1-2H3,(H,37,41)(H,38,39)/t19-,21-,22?/m0/s1. The van der Waals surface area contributed by atoms with Gasteiger partial charge in [0.2, 0.25) is 5.78 Å². The molecule has 2 rings (SSSR count). The molecule has 0 heterocycles. The highest BCUT2D eigenvalue weighted by Crippen LogP contribution is 2.30. The molecule has 0 fully saturated rings. The molecule has 2 amide bonds. The van der Waals surface area contributed by atoms with Gasteiger partial charge in [0.05, 0.1) is 10.0 Å². The van der Waals surface area contributed by atoms with E-state index < -0.39 is 66.8 Å². The first-order valence-corrected chi connectivity index (χ1v) is 13.7. The predicted molar refractivity (Wildman–Crippen MR) is 149 cm³/mol. The molecule has 0 radical (unpaired) electrons. The molecule has 0 aliphatic rings. The van der Waals surface area contributed by atoms with Crippen molar-refractivity contribution in [2.24, 2.45) is 17.6 Å². The van der Waals surface area contributed by atoms with E-state index in [1.54, 1.807) is 0 Å². The zero-order valence-electron chi connectivity index (χ0n) is 22.0. The fourth-order valence-corrected chi connectivity index (χ4v) is 4.82. The number of hydrogen-bond acceptors (Lipinski definition) is 5. The van der Waals surface area contributed by atoms with Crippen molar-refractivity contribution in [2.45, 2.75) is 44.5 Å². The third-order valence-corrected chi connectivity index (χ3v) is 7.11. The Balaban J connectivity index is 2.34. The molecular formula is C26H26Cl4F5N3O4. The number of nitrogens with two attached hydrogens (primary N) is 1. The molecule has 0 aliphatic carbocycles. The van der Waals surface area contributed by atoms with Crippen LogP contribution >= 0.6 is 46.4 Å². The second-order valence-electron chi connectivity index (χ2n) is 9.60. The summed E-state index contributed by atoms with van der Waals surface area (Å²) in [4.78, 5) is 37.7. The van der Waals surface area contributed by atoms with E-state index in [1.165, 1.54) is 50.2 Å². The predicted octanol–water partition coefficient (Wildman–Crippen LogP) is 5.89. The number of carbonyl (C=O) groups is 3. The number of amides is 2. The second kappa shape index (κ2) is 14.9. The number of rotatable bonds is 13. The topological polar surface area (TPSA) is 111 Å². The van der Waals surface area contributed by atoms with E-state index >= 15 is 0 Å². The van der Waals surface area contributed by atoms with E-state index in [1.807, 2.05) is 0 Å². The Morgan fingerprint density at radius 1 is 0.929 bits per heavy atom. The summed E-state index contributed by atoms with van der Waals surface area (Å²) in [6.45, 7) is 0.0465. The van der Waals surface area contributed by atoms with Crippen molar-refractivity contribution in [3.63, 3.8) is 0 Å². The Kier molecular flexibility index (Phi) is 12.7. The Hall–Kier alpha value is -2.38. The van der Waals surface area contributed by atoms with Gasteiger partial charge < -0.3 is 21.1 Å². The average Bonchev–Trinajstić information content (AvgIpc) is 2.86. The lowest BCUT2D eigenvalue weighted by Crippen LogP contribution is -2.60. The first-order valence-electron chi connectivity index (χ1n) is 12.2. The molecule has 2 aromatic rings. The van der Waals surface area contributed by atoms with Gasteiger partial charge in [0.15, 0.2) is 6.61 Å². The van der Waals surface area contributed by atoms with Crippen molar-refractivity contribution in [3.05, 3.63) is 62.1 Å². The maximum Gasteiger partial charge on any atom is 0.405 e. The molecule has 0 bridgehead atoms. The van der Waals surface area contributed by atoms with Crippen LogP contribution in [0.3, 0.4) is 0 Å². The number of carbonyl (C=O) groups excluding carboxylic acids is 3. The van der Waals surface area contributed by atoms with E-state index in [0.717, 1.165) is 5.32 Å². The normalized spacial score (nSPS) is 14.2. The molecule has 4 N–H and O–H groups in total. The Labute approximate surface area is 258 Å². The van der Waals surface area contributed by atoms with E-state index in [-0.39, 0.29) is 32.3 Å². The third-order valence-electron chi connectivity index (χ3n) is 5.94. The highest BCUT2D eigenvalue weighted by atomic mass is 35.5. The first kappa shape index (κ1) is 35.8. The molecule has 0 saturated heterocycles. The number of hydrogen-bond donors (Lipinski definition) is 3. The number of ketones is 1. The summed E-state index contributed by atoms with van der Waals surface area (Å²) in [6, 6.07) is 5.83. The van der Waals surface area contributed by atoms with Gasteiger partial charge in [0.1, 0.15) is 12.3 Å². The van der Waals surface area contributed by atoms with Crippen molar-refractivity contribution in [3.8, 4) is 5.75 Å². The van der Waals surface area contributed by atoms with Crippen molar-refractivity contribution in [1.82, 2.24) is 10.6 Å². The number of benzene rings is 2. The van der Waals surface area contributed by atoms with Gasteiger partial charge in [-0.1, -0.05) is 66.3 Å². The second-order valence-corrected chi connectivity index (χ2v) is 11.3. The van der Waals surface area contributed by atoms with Crippen LogP contribution in [0.1, 0.15) is 19.4 Å². The van der Waals surface area contributed by atoms with E-state index in [2.05, 4.69) is 5.32 Å². The monoisotopic (exact) mass is 679 g/mol. The summed E-state index contributed by atoms with van der Waals surface area (Å²) in [7, 11) is 0. The van der Waals surface area contributed by atoms with E-state index in [4.69, 9.17) is 56.9 Å². The van der Waals surface area contributed by atoms with Crippen LogP contribution in [0.5, 0.6) is 5.75 Å². The number of nitrogens with one attached hydrogen (secondary N) is 2. The molecule has 0 aromatic heterocycles. The van der Waals surface area contributed by atoms with Crippen molar-refractivity contribution in [1.29, 1.82) is 0 Å². The van der Waals surface area contributed by atoms with Crippen LogP contribution in [-0.4, -0.2) is 54.9 Å². The number of ether oxygens (including phenoxy) is 1. The summed E-state index contributed by atoms with van der Waals surface area (Å²) < 4.78 is 72.5. The van der Waals surface area contributed by atoms with Crippen molar-refractivity contribution >= 4 is 64.0 Å². The van der Waals surface area contributed by atoms with Gasteiger partial charge in [-0.05, 0) is 48.2 Å². The quantitative estimate of drug-likeness (QED) is 0.181. The molecule has 42 heavy (non-hydrogen) atoms. The highest BCUT2D eigenvalue weighted by Gasteiger charge is 2.53. The SMILES string of the molecule is CC(C)[C@H](C(=O)C(F)(F)C(=O)NCC(F)(F)F)C(N)[C@H](Cc1ccc(Cl)c(Cl)c1)NC(=O)COc1cc(Cl)cc(Cl)c1.